The minimum Gasteiger partial charge on any atom is -0.493 e. The summed E-state index contributed by atoms with van der Waals surface area (Å²) >= 11 is 0. The minimum absolute atomic E-state index is 0.142. The highest BCUT2D eigenvalue weighted by atomic mass is 32.3. The van der Waals surface area contributed by atoms with Gasteiger partial charge in [-0.15, -0.1) is 6.42 Å². The fourth-order valence-electron chi connectivity index (χ4n) is 5.14. The van der Waals surface area contributed by atoms with E-state index < -0.39 is 10.5 Å². The second kappa shape index (κ2) is 8.89. The van der Waals surface area contributed by atoms with Crippen LogP contribution in [0.2, 0.25) is 0 Å². The molecule has 1 aliphatic rings. The topological polar surface area (TPSA) is 103 Å². The van der Waals surface area contributed by atoms with Crippen LogP contribution >= 0.6 is 0 Å². The lowest BCUT2D eigenvalue weighted by Gasteiger charge is -2.31. The molecule has 1 aliphatic carbocycles. The van der Waals surface area contributed by atoms with Gasteiger partial charge in [-0.05, 0) is 56.5 Å². The first-order valence-corrected chi connectivity index (χ1v) is 13.4. The lowest BCUT2D eigenvalue weighted by molar-refractivity contribution is 0.326. The third-order valence-electron chi connectivity index (χ3n) is 6.98. The molecule has 0 atom stereocenters. The van der Waals surface area contributed by atoms with Crippen molar-refractivity contribution >= 4 is 43.3 Å². The molecule has 10 heteroatoms. The molecule has 0 radical (unpaired) electrons. The lowest BCUT2D eigenvalue weighted by Crippen LogP contribution is -2.21. The van der Waals surface area contributed by atoms with Crippen molar-refractivity contribution in [1.82, 2.24) is 14.5 Å². The molecule has 6 rings (SSSR count). The Kier molecular flexibility index (Phi) is 5.61. The number of halogens is 1. The van der Waals surface area contributed by atoms with Gasteiger partial charge >= 0.3 is 10.5 Å². The third-order valence-corrected chi connectivity index (χ3v) is 7.37. The van der Waals surface area contributed by atoms with Crippen LogP contribution in [0.1, 0.15) is 37.8 Å². The summed E-state index contributed by atoms with van der Waals surface area (Å²) in [6.07, 6.45) is 11.2. The van der Waals surface area contributed by atoms with E-state index in [1.807, 2.05) is 31.2 Å². The maximum Gasteiger partial charge on any atom is 0.488 e. The van der Waals surface area contributed by atoms with Crippen LogP contribution in [0, 0.1) is 12.3 Å². The predicted octanol–water partition coefficient (Wildman–Crippen LogP) is 5.40. The van der Waals surface area contributed by atoms with E-state index in [0.29, 0.717) is 51.0 Å². The molecule has 0 aliphatic heterocycles. The summed E-state index contributed by atoms with van der Waals surface area (Å²) in [6, 6.07) is 10.6. The van der Waals surface area contributed by atoms with E-state index in [1.54, 1.807) is 6.07 Å². The van der Waals surface area contributed by atoms with Crippen molar-refractivity contribution < 1.29 is 21.2 Å². The number of fused-ring (bicyclic) bond motifs is 4. The molecule has 2 aromatic carbocycles. The maximum atomic E-state index is 13.9. The zero-order valence-electron chi connectivity index (χ0n) is 20.3. The van der Waals surface area contributed by atoms with Gasteiger partial charge in [-0.2, -0.15) is 8.42 Å². The van der Waals surface area contributed by atoms with Crippen LogP contribution in [0.5, 0.6) is 11.5 Å². The van der Waals surface area contributed by atoms with Crippen molar-refractivity contribution in [3.63, 3.8) is 0 Å². The Bertz CT molecular complexity index is 1970. The van der Waals surface area contributed by atoms with Crippen LogP contribution < -0.4 is 14.3 Å². The molecule has 192 valence electrons. The van der Waals surface area contributed by atoms with Crippen LogP contribution in [-0.2, 0) is 10.5 Å². The van der Waals surface area contributed by atoms with E-state index in [9.17, 15) is 17.1 Å². The number of aromatic nitrogens is 3. The van der Waals surface area contributed by atoms with Gasteiger partial charge in [0.05, 0.1) is 29.1 Å². The Morgan fingerprint density at radius 2 is 2.00 bits per heavy atom. The number of benzene rings is 2. The monoisotopic (exact) mass is 531 g/mol. The van der Waals surface area contributed by atoms with E-state index in [0.717, 1.165) is 36.4 Å². The molecule has 0 unspecified atom stereocenters. The first-order valence-electron chi connectivity index (χ1n) is 12.1. The van der Waals surface area contributed by atoms with E-state index in [2.05, 4.69) is 24.6 Å². The summed E-state index contributed by atoms with van der Waals surface area (Å²) in [5.41, 5.74) is 3.76. The third kappa shape index (κ3) is 3.96. The van der Waals surface area contributed by atoms with Crippen molar-refractivity contribution in [1.29, 1.82) is 0 Å². The van der Waals surface area contributed by atoms with E-state index in [-0.39, 0.29) is 17.2 Å². The number of ether oxygens (including phenoxy) is 1. The normalized spacial score (nSPS) is 14.0. The average Bonchev–Trinajstić information content (AvgIpc) is 3.23. The van der Waals surface area contributed by atoms with Crippen LogP contribution in [-0.4, -0.2) is 29.6 Å². The number of H-pyrrole nitrogens is 1. The largest absolute Gasteiger partial charge is 0.493 e. The Balaban J connectivity index is 1.69. The second-order valence-electron chi connectivity index (χ2n) is 9.22. The molecule has 1 fully saturated rings. The highest BCUT2D eigenvalue weighted by molar-refractivity contribution is 7.81. The molecule has 0 bridgehead atoms. The van der Waals surface area contributed by atoms with Crippen molar-refractivity contribution in [2.45, 2.75) is 32.2 Å². The predicted molar refractivity (Wildman–Crippen MR) is 143 cm³/mol. The molecule has 1 saturated carbocycles. The van der Waals surface area contributed by atoms with Gasteiger partial charge in [-0.3, -0.25) is 9.78 Å². The van der Waals surface area contributed by atoms with Gasteiger partial charge in [-0.25, -0.2) is 0 Å². The van der Waals surface area contributed by atoms with Gasteiger partial charge in [0.15, 0.2) is 11.2 Å². The highest BCUT2D eigenvalue weighted by Gasteiger charge is 2.27. The highest BCUT2D eigenvalue weighted by Crippen LogP contribution is 2.41. The summed E-state index contributed by atoms with van der Waals surface area (Å²) in [4.78, 5) is 21.4. The molecular formula is C28H22FN3O5S. The number of nitrogens with zero attached hydrogens (tertiary/aromatic N) is 2. The fourth-order valence-corrected chi connectivity index (χ4v) is 5.46. The van der Waals surface area contributed by atoms with Crippen molar-refractivity contribution in [2.24, 2.45) is 0 Å². The van der Waals surface area contributed by atoms with Gasteiger partial charge in [0.1, 0.15) is 11.4 Å². The second-order valence-corrected chi connectivity index (χ2v) is 10.2. The van der Waals surface area contributed by atoms with Gasteiger partial charge < -0.3 is 18.5 Å². The number of pyridine rings is 2. The van der Waals surface area contributed by atoms with Crippen LogP contribution in [0.25, 0.3) is 44.0 Å². The van der Waals surface area contributed by atoms with Crippen LogP contribution in [0.15, 0.2) is 53.6 Å². The fraction of sp³-hybridized carbons (Fsp3) is 0.214. The number of hydrogen-bond acceptors (Lipinski definition) is 6. The number of aromatic amines is 1. The first-order chi connectivity index (χ1) is 18.3. The number of hydrogen-bond donors (Lipinski definition) is 1. The van der Waals surface area contributed by atoms with Crippen molar-refractivity contribution in [2.75, 3.05) is 6.61 Å². The van der Waals surface area contributed by atoms with Gasteiger partial charge in [0.2, 0.25) is 0 Å². The maximum absolute atomic E-state index is 13.9. The summed E-state index contributed by atoms with van der Waals surface area (Å²) < 4.78 is 47.7. The molecule has 0 spiro atoms. The summed E-state index contributed by atoms with van der Waals surface area (Å²) in [6.45, 7) is 2.14. The molecular weight excluding hydrogens is 509 g/mol. The molecule has 38 heavy (non-hydrogen) atoms. The zero-order chi connectivity index (χ0) is 26.6. The summed E-state index contributed by atoms with van der Waals surface area (Å²) in [7, 11) is -5.23. The molecule has 3 heterocycles. The molecule has 5 aromatic rings. The molecule has 8 nitrogen and oxygen atoms in total. The minimum atomic E-state index is -5.23. The zero-order valence-corrected chi connectivity index (χ0v) is 21.1. The SMILES string of the molecule is C#Cc1ccc2c(c1)[nH]c1c2c(=O)c2cc(OCC)c(-c3cncc(OS(=O)(=O)F)c3)cc2n1C1CCC1. The standard InChI is InChI=1S/C28H22FN3O5S/c1-3-16-8-9-20-23(10-16)31-28-26(20)27(33)22-13-25(36-4-2)21(12-24(22)32(28)18-6-5-7-18)17-11-19(15-30-14-17)37-38(29,34)35/h1,8-15,18,31H,4-7H2,2H3. The molecule has 3 aromatic heterocycles. The summed E-state index contributed by atoms with van der Waals surface area (Å²) in [5.74, 6) is 2.77. The lowest BCUT2D eigenvalue weighted by atomic mass is 9.91. The smallest absolute Gasteiger partial charge is 0.488 e. The molecule has 0 amide bonds. The first kappa shape index (κ1) is 24.0. The number of terminal acetylenes is 1. The van der Waals surface area contributed by atoms with Crippen LogP contribution in [0.3, 0.4) is 0 Å². The van der Waals surface area contributed by atoms with E-state index >= 15 is 0 Å². The van der Waals surface area contributed by atoms with Crippen molar-refractivity contribution in [3.05, 3.63) is 64.6 Å². The Labute approximate surface area is 217 Å². The van der Waals surface area contributed by atoms with Gasteiger partial charge in [0, 0.05) is 39.8 Å². The van der Waals surface area contributed by atoms with E-state index in [1.165, 1.54) is 12.3 Å². The Hall–Kier alpha value is -4.36. The summed E-state index contributed by atoms with van der Waals surface area (Å²) in [5, 5.41) is 1.87. The average molecular weight is 532 g/mol. The Morgan fingerprint density at radius 3 is 2.68 bits per heavy atom. The number of rotatable bonds is 6. The quantitative estimate of drug-likeness (QED) is 0.233. The van der Waals surface area contributed by atoms with Gasteiger partial charge in [-0.1, -0.05) is 15.9 Å². The Morgan fingerprint density at radius 1 is 1.18 bits per heavy atom. The number of nitrogens with one attached hydrogen (secondary N) is 1. The molecule has 1 N–H and O–H groups in total. The van der Waals surface area contributed by atoms with Gasteiger partial charge in [0.25, 0.3) is 0 Å². The van der Waals surface area contributed by atoms with Crippen LogP contribution in [0.4, 0.5) is 3.89 Å². The van der Waals surface area contributed by atoms with Crippen molar-refractivity contribution in [3.8, 4) is 35.0 Å². The van der Waals surface area contributed by atoms with E-state index in [4.69, 9.17) is 11.2 Å². The molecule has 0 saturated heterocycles.